The molecule has 0 aromatic heterocycles. The summed E-state index contributed by atoms with van der Waals surface area (Å²) in [5.41, 5.74) is 0.457. The van der Waals surface area contributed by atoms with Crippen LogP contribution in [0.1, 0.15) is 31.4 Å². The topological polar surface area (TPSA) is 105 Å². The van der Waals surface area contributed by atoms with Crippen molar-refractivity contribution >= 4 is 18.0 Å². The van der Waals surface area contributed by atoms with E-state index in [0.29, 0.717) is 0 Å². The quantitative estimate of drug-likeness (QED) is 0.477. The average molecular weight is 412 g/mol. The number of benzene rings is 1. The van der Waals surface area contributed by atoms with Crippen LogP contribution in [-0.2, 0) is 19.1 Å². The number of urea groups is 1. The Bertz CT molecular complexity index is 827. The first-order valence-corrected chi connectivity index (χ1v) is 8.87. The number of hydrogen-bond acceptors (Lipinski definition) is 5. The molecule has 0 spiro atoms. The highest BCUT2D eigenvalue weighted by molar-refractivity contribution is 5.95. The number of aliphatic carboxylic acids is 1. The van der Waals surface area contributed by atoms with Gasteiger partial charge in [-0.2, -0.15) is 0 Å². The zero-order valence-corrected chi connectivity index (χ0v) is 16.0. The number of nitrogens with one attached hydrogen (secondary N) is 1. The summed E-state index contributed by atoms with van der Waals surface area (Å²) in [6.07, 6.45) is 0.0131. The smallest absolute Gasteiger partial charge is 0.338 e. The van der Waals surface area contributed by atoms with Gasteiger partial charge in [0.2, 0.25) is 0 Å². The molecule has 0 fully saturated rings. The maximum Gasteiger partial charge on any atom is 0.338 e. The zero-order chi connectivity index (χ0) is 21.6. The van der Waals surface area contributed by atoms with Gasteiger partial charge in [-0.3, -0.25) is 9.69 Å². The number of halogens is 2. The number of amides is 2. The van der Waals surface area contributed by atoms with Gasteiger partial charge in [-0.25, -0.2) is 18.4 Å². The van der Waals surface area contributed by atoms with E-state index in [1.54, 1.807) is 0 Å². The van der Waals surface area contributed by atoms with Gasteiger partial charge in [0.25, 0.3) is 0 Å². The Hall–Kier alpha value is -3.01. The molecule has 8 nitrogen and oxygen atoms in total. The fourth-order valence-corrected chi connectivity index (χ4v) is 2.94. The predicted octanol–water partition coefficient (Wildman–Crippen LogP) is 2.36. The second kappa shape index (κ2) is 9.97. The number of nitrogens with zero attached hydrogens (tertiary/aromatic N) is 1. The molecular weight excluding hydrogens is 390 g/mol. The van der Waals surface area contributed by atoms with Crippen LogP contribution in [0.25, 0.3) is 0 Å². The van der Waals surface area contributed by atoms with Crippen LogP contribution >= 0.6 is 0 Å². The molecule has 0 saturated carbocycles. The van der Waals surface area contributed by atoms with Gasteiger partial charge in [0.05, 0.1) is 18.2 Å². The number of ether oxygens (including phenoxy) is 2. The molecule has 1 aliphatic heterocycles. The number of allylic oxidation sites excluding steroid dienone is 1. The lowest BCUT2D eigenvalue weighted by molar-refractivity contribution is -0.141. The van der Waals surface area contributed by atoms with Gasteiger partial charge in [0, 0.05) is 25.8 Å². The van der Waals surface area contributed by atoms with Gasteiger partial charge in [-0.1, -0.05) is 6.07 Å². The van der Waals surface area contributed by atoms with E-state index in [2.05, 4.69) is 5.32 Å². The van der Waals surface area contributed by atoms with Crippen molar-refractivity contribution < 1.29 is 37.7 Å². The van der Waals surface area contributed by atoms with E-state index in [0.717, 1.165) is 12.1 Å². The first kappa shape index (κ1) is 22.3. The average Bonchev–Trinajstić information content (AvgIpc) is 2.66. The van der Waals surface area contributed by atoms with Crippen molar-refractivity contribution in [3.8, 4) is 0 Å². The SMILES string of the molecule is COCCOC(=O)C1=C(C)N(CCCC(=O)O)C(=O)N[C@@H]1c1ccc(F)c(F)c1. The van der Waals surface area contributed by atoms with Gasteiger partial charge < -0.3 is 19.9 Å². The van der Waals surface area contributed by atoms with Crippen molar-refractivity contribution in [3.05, 3.63) is 46.7 Å². The summed E-state index contributed by atoms with van der Waals surface area (Å²) in [4.78, 5) is 37.2. The minimum Gasteiger partial charge on any atom is -0.481 e. The van der Waals surface area contributed by atoms with Gasteiger partial charge in [-0.05, 0) is 31.0 Å². The van der Waals surface area contributed by atoms with Gasteiger partial charge in [0.1, 0.15) is 6.61 Å². The van der Waals surface area contributed by atoms with Gasteiger partial charge in [0.15, 0.2) is 11.6 Å². The molecule has 1 aromatic rings. The van der Waals surface area contributed by atoms with Crippen LogP contribution in [0.2, 0.25) is 0 Å². The summed E-state index contributed by atoms with van der Waals surface area (Å²) >= 11 is 0. The molecule has 29 heavy (non-hydrogen) atoms. The monoisotopic (exact) mass is 412 g/mol. The van der Waals surface area contributed by atoms with Crippen molar-refractivity contribution in [2.45, 2.75) is 25.8 Å². The number of carboxylic acid groups (broad SMARTS) is 1. The van der Waals surface area contributed by atoms with E-state index < -0.39 is 35.6 Å². The summed E-state index contributed by atoms with van der Waals surface area (Å²) in [5, 5.41) is 11.4. The Morgan fingerprint density at radius 1 is 1.24 bits per heavy atom. The van der Waals surface area contributed by atoms with E-state index >= 15 is 0 Å². The van der Waals surface area contributed by atoms with E-state index in [1.807, 2.05) is 0 Å². The summed E-state index contributed by atoms with van der Waals surface area (Å²) in [7, 11) is 1.44. The highest BCUT2D eigenvalue weighted by Crippen LogP contribution is 2.32. The van der Waals surface area contributed by atoms with Gasteiger partial charge in [-0.15, -0.1) is 0 Å². The Morgan fingerprint density at radius 3 is 2.59 bits per heavy atom. The van der Waals surface area contributed by atoms with Crippen molar-refractivity contribution in [1.82, 2.24) is 10.2 Å². The van der Waals surface area contributed by atoms with Crippen LogP contribution in [0.4, 0.5) is 13.6 Å². The summed E-state index contributed by atoms with van der Waals surface area (Å²) in [6.45, 7) is 1.69. The predicted molar refractivity (Wildman–Crippen MR) is 96.7 cm³/mol. The Kier molecular flexibility index (Phi) is 7.66. The summed E-state index contributed by atoms with van der Waals surface area (Å²) in [5.74, 6) is -3.94. The molecule has 1 heterocycles. The van der Waals surface area contributed by atoms with Crippen molar-refractivity contribution in [2.24, 2.45) is 0 Å². The standard InChI is InChI=1S/C19H22F2N2O6/c1-11-16(18(26)29-9-8-28-2)17(12-5-6-13(20)14(21)10-12)22-19(27)23(11)7-3-4-15(24)25/h5-6,10,17H,3-4,7-9H2,1-2H3,(H,22,27)(H,24,25)/t17-/m1/s1. The minimum atomic E-state index is -1.12. The minimum absolute atomic E-state index is 0.0381. The first-order chi connectivity index (χ1) is 13.8. The third-order valence-electron chi connectivity index (χ3n) is 4.39. The third kappa shape index (κ3) is 5.50. The first-order valence-electron chi connectivity index (χ1n) is 8.87. The molecule has 1 aliphatic rings. The highest BCUT2D eigenvalue weighted by atomic mass is 19.2. The fourth-order valence-electron chi connectivity index (χ4n) is 2.94. The second-order valence-electron chi connectivity index (χ2n) is 6.33. The largest absolute Gasteiger partial charge is 0.481 e. The molecule has 0 bridgehead atoms. The van der Waals surface area contributed by atoms with E-state index in [1.165, 1.54) is 25.0 Å². The number of esters is 1. The summed E-state index contributed by atoms with van der Waals surface area (Å²) in [6, 6.07) is 1.42. The zero-order valence-electron chi connectivity index (χ0n) is 16.0. The highest BCUT2D eigenvalue weighted by Gasteiger charge is 2.36. The molecular formula is C19H22F2N2O6. The van der Waals surface area contributed by atoms with E-state index in [9.17, 15) is 23.2 Å². The van der Waals surface area contributed by atoms with Crippen molar-refractivity contribution in [3.63, 3.8) is 0 Å². The van der Waals surface area contributed by atoms with Crippen molar-refractivity contribution in [2.75, 3.05) is 26.9 Å². The Morgan fingerprint density at radius 2 is 1.97 bits per heavy atom. The molecule has 2 rings (SSSR count). The number of methoxy groups -OCH3 is 1. The Labute approximate surface area is 166 Å². The lowest BCUT2D eigenvalue weighted by Crippen LogP contribution is -2.48. The molecule has 1 aromatic carbocycles. The van der Waals surface area contributed by atoms with Crippen LogP contribution in [0.3, 0.4) is 0 Å². The maximum absolute atomic E-state index is 13.7. The number of hydrogen-bond donors (Lipinski definition) is 2. The summed E-state index contributed by atoms with van der Waals surface area (Å²) < 4.78 is 37.0. The molecule has 10 heteroatoms. The molecule has 158 valence electrons. The van der Waals surface area contributed by atoms with Crippen LogP contribution in [0, 0.1) is 11.6 Å². The fraction of sp³-hybridized carbons (Fsp3) is 0.421. The second-order valence-corrected chi connectivity index (χ2v) is 6.33. The Balaban J connectivity index is 2.39. The van der Waals surface area contributed by atoms with Crippen LogP contribution in [-0.4, -0.2) is 54.8 Å². The lowest BCUT2D eigenvalue weighted by Gasteiger charge is -2.35. The molecule has 0 saturated heterocycles. The van der Waals surface area contributed by atoms with Crippen molar-refractivity contribution in [1.29, 1.82) is 0 Å². The number of carboxylic acids is 1. The molecule has 2 amide bonds. The van der Waals surface area contributed by atoms with Gasteiger partial charge >= 0.3 is 18.0 Å². The molecule has 0 aliphatic carbocycles. The van der Waals surface area contributed by atoms with E-state index in [-0.39, 0.29) is 49.4 Å². The molecule has 0 unspecified atom stereocenters. The van der Waals surface area contributed by atoms with Crippen LogP contribution < -0.4 is 5.32 Å². The maximum atomic E-state index is 13.7. The van der Waals surface area contributed by atoms with Crippen LogP contribution in [0.5, 0.6) is 0 Å². The van der Waals surface area contributed by atoms with Crippen LogP contribution in [0.15, 0.2) is 29.5 Å². The number of carbonyl (C=O) groups excluding carboxylic acids is 2. The number of carbonyl (C=O) groups is 3. The number of rotatable bonds is 9. The molecule has 2 N–H and O–H groups in total. The normalized spacial score (nSPS) is 16.6. The molecule has 0 radical (unpaired) electrons. The lowest BCUT2D eigenvalue weighted by atomic mass is 9.94. The van der Waals surface area contributed by atoms with E-state index in [4.69, 9.17) is 14.6 Å². The third-order valence-corrected chi connectivity index (χ3v) is 4.39. The molecule has 1 atom stereocenters.